The van der Waals surface area contributed by atoms with Gasteiger partial charge >= 0.3 is 0 Å². The molecular formula is C13H9ClN2S. The lowest BCUT2D eigenvalue weighted by Crippen LogP contribution is -1.83. The predicted octanol–water partition coefficient (Wildman–Crippen LogP) is 4.20. The maximum absolute atomic E-state index is 6.13. The van der Waals surface area contributed by atoms with Crippen molar-refractivity contribution >= 4 is 38.8 Å². The molecule has 1 heterocycles. The fourth-order valence-electron chi connectivity index (χ4n) is 1.66. The van der Waals surface area contributed by atoms with Crippen molar-refractivity contribution in [2.75, 3.05) is 5.73 Å². The minimum absolute atomic E-state index is 0.752. The minimum Gasteiger partial charge on any atom is -0.399 e. The third kappa shape index (κ3) is 1.88. The number of nitrogens with zero attached hydrogens (tertiary/aromatic N) is 1. The average Bonchev–Trinajstić information content (AvgIpc) is 2.75. The second-order valence-electron chi connectivity index (χ2n) is 3.73. The second-order valence-corrected chi connectivity index (χ2v) is 5.14. The third-order valence-corrected chi connectivity index (χ3v) is 4.11. The van der Waals surface area contributed by atoms with Gasteiger partial charge in [-0.3, -0.25) is 0 Å². The number of halogens is 1. The van der Waals surface area contributed by atoms with Gasteiger partial charge < -0.3 is 5.73 Å². The maximum Gasteiger partial charge on any atom is 0.124 e. The van der Waals surface area contributed by atoms with Gasteiger partial charge in [0.15, 0.2) is 0 Å². The molecule has 0 amide bonds. The SMILES string of the molecule is Nc1ccc(-c2nc3cccc(Cl)c3s2)cc1. The van der Waals surface area contributed by atoms with Crippen molar-refractivity contribution in [2.24, 2.45) is 0 Å². The van der Waals surface area contributed by atoms with Crippen LogP contribution in [0.4, 0.5) is 5.69 Å². The van der Waals surface area contributed by atoms with Crippen LogP contribution in [0, 0.1) is 0 Å². The van der Waals surface area contributed by atoms with Gasteiger partial charge in [0.1, 0.15) is 5.01 Å². The fourth-order valence-corrected chi connectivity index (χ4v) is 2.92. The summed E-state index contributed by atoms with van der Waals surface area (Å²) in [6, 6.07) is 13.5. The van der Waals surface area contributed by atoms with Crippen LogP contribution in [0.2, 0.25) is 5.02 Å². The highest BCUT2D eigenvalue weighted by Crippen LogP contribution is 2.34. The average molecular weight is 261 g/mol. The number of benzene rings is 2. The van der Waals surface area contributed by atoms with Crippen LogP contribution < -0.4 is 5.73 Å². The van der Waals surface area contributed by atoms with E-state index in [-0.39, 0.29) is 0 Å². The van der Waals surface area contributed by atoms with E-state index >= 15 is 0 Å². The van der Waals surface area contributed by atoms with Gasteiger partial charge in [0, 0.05) is 11.3 Å². The summed E-state index contributed by atoms with van der Waals surface area (Å²) in [5, 5.41) is 1.72. The molecule has 4 heteroatoms. The van der Waals surface area contributed by atoms with E-state index in [0.717, 1.165) is 31.5 Å². The summed E-state index contributed by atoms with van der Waals surface area (Å²) < 4.78 is 1.03. The van der Waals surface area contributed by atoms with Gasteiger partial charge in [-0.05, 0) is 36.4 Å². The van der Waals surface area contributed by atoms with Crippen LogP contribution in [-0.2, 0) is 0 Å². The van der Waals surface area contributed by atoms with Gasteiger partial charge in [-0.25, -0.2) is 4.98 Å². The zero-order valence-corrected chi connectivity index (χ0v) is 10.4. The van der Waals surface area contributed by atoms with Gasteiger partial charge in [-0.1, -0.05) is 17.7 Å². The smallest absolute Gasteiger partial charge is 0.124 e. The molecule has 0 aliphatic heterocycles. The molecule has 0 aliphatic carbocycles. The number of aromatic nitrogens is 1. The molecule has 1 aromatic heterocycles. The quantitative estimate of drug-likeness (QED) is 0.666. The number of nitrogen functional groups attached to an aromatic ring is 1. The highest BCUT2D eigenvalue weighted by Gasteiger charge is 2.08. The molecule has 0 fully saturated rings. The number of hydrogen-bond acceptors (Lipinski definition) is 3. The topological polar surface area (TPSA) is 38.9 Å². The summed E-state index contributed by atoms with van der Waals surface area (Å²) >= 11 is 7.73. The molecule has 0 bridgehead atoms. The Hall–Kier alpha value is -1.58. The number of rotatable bonds is 1. The molecule has 0 unspecified atom stereocenters. The molecule has 84 valence electrons. The first-order chi connectivity index (χ1) is 8.24. The molecule has 0 spiro atoms. The molecule has 0 radical (unpaired) electrons. The van der Waals surface area contributed by atoms with Crippen LogP contribution in [-0.4, -0.2) is 4.98 Å². The molecule has 2 N–H and O–H groups in total. The van der Waals surface area contributed by atoms with Crippen LogP contribution in [0.1, 0.15) is 0 Å². The maximum atomic E-state index is 6.13. The summed E-state index contributed by atoms with van der Waals surface area (Å²) in [6.07, 6.45) is 0. The molecule has 0 atom stereocenters. The lowest BCUT2D eigenvalue weighted by atomic mass is 10.2. The van der Waals surface area contributed by atoms with E-state index in [2.05, 4.69) is 4.98 Å². The number of hydrogen-bond donors (Lipinski definition) is 1. The van der Waals surface area contributed by atoms with E-state index in [1.54, 1.807) is 11.3 Å². The van der Waals surface area contributed by atoms with Gasteiger partial charge in [0.2, 0.25) is 0 Å². The lowest BCUT2D eigenvalue weighted by molar-refractivity contribution is 1.48. The van der Waals surface area contributed by atoms with Gasteiger partial charge in [-0.15, -0.1) is 11.3 Å². The zero-order chi connectivity index (χ0) is 11.8. The Labute approximate surface area is 108 Å². The highest BCUT2D eigenvalue weighted by atomic mass is 35.5. The first kappa shape index (κ1) is 10.6. The molecule has 2 nitrogen and oxygen atoms in total. The Bertz CT molecular complexity index is 673. The van der Waals surface area contributed by atoms with Gasteiger partial charge in [-0.2, -0.15) is 0 Å². The van der Waals surface area contributed by atoms with Crippen molar-refractivity contribution in [1.29, 1.82) is 0 Å². The number of fused-ring (bicyclic) bond motifs is 1. The summed E-state index contributed by atoms with van der Waals surface area (Å²) in [4.78, 5) is 4.57. The summed E-state index contributed by atoms with van der Waals surface area (Å²) in [5.74, 6) is 0. The Morgan fingerprint density at radius 1 is 1.06 bits per heavy atom. The molecule has 17 heavy (non-hydrogen) atoms. The fraction of sp³-hybridized carbons (Fsp3) is 0. The van der Waals surface area contributed by atoms with Crippen LogP contribution in [0.25, 0.3) is 20.8 Å². The van der Waals surface area contributed by atoms with E-state index in [1.807, 2.05) is 42.5 Å². The first-order valence-electron chi connectivity index (χ1n) is 5.15. The van der Waals surface area contributed by atoms with Crippen LogP contribution in [0.3, 0.4) is 0 Å². The Balaban J connectivity index is 2.18. The van der Waals surface area contributed by atoms with Crippen molar-refractivity contribution in [3.63, 3.8) is 0 Å². The molecule has 0 aliphatic rings. The minimum atomic E-state index is 0.752. The zero-order valence-electron chi connectivity index (χ0n) is 8.85. The highest BCUT2D eigenvalue weighted by molar-refractivity contribution is 7.22. The summed E-state index contributed by atoms with van der Waals surface area (Å²) in [6.45, 7) is 0. The lowest BCUT2D eigenvalue weighted by Gasteiger charge is -1.95. The van der Waals surface area contributed by atoms with Crippen LogP contribution >= 0.6 is 22.9 Å². The molecule has 0 saturated heterocycles. The number of anilines is 1. The molecule has 0 saturated carbocycles. The monoisotopic (exact) mass is 260 g/mol. The van der Waals surface area contributed by atoms with Crippen molar-refractivity contribution in [3.05, 3.63) is 47.5 Å². The summed E-state index contributed by atoms with van der Waals surface area (Å²) in [7, 11) is 0. The van der Waals surface area contributed by atoms with Crippen molar-refractivity contribution in [1.82, 2.24) is 4.98 Å². The third-order valence-electron chi connectivity index (χ3n) is 2.52. The van der Waals surface area contributed by atoms with E-state index in [9.17, 15) is 0 Å². The van der Waals surface area contributed by atoms with Crippen molar-refractivity contribution < 1.29 is 0 Å². The number of thiazole rings is 1. The predicted molar refractivity (Wildman–Crippen MR) is 74.5 cm³/mol. The van der Waals surface area contributed by atoms with Crippen molar-refractivity contribution in [3.8, 4) is 10.6 Å². The number of nitrogens with two attached hydrogens (primary N) is 1. The molecule has 3 rings (SSSR count). The van der Waals surface area contributed by atoms with E-state index in [4.69, 9.17) is 17.3 Å². The van der Waals surface area contributed by atoms with E-state index < -0.39 is 0 Å². The van der Waals surface area contributed by atoms with E-state index in [0.29, 0.717) is 0 Å². The van der Waals surface area contributed by atoms with Crippen LogP contribution in [0.15, 0.2) is 42.5 Å². The van der Waals surface area contributed by atoms with Gasteiger partial charge in [0.25, 0.3) is 0 Å². The van der Waals surface area contributed by atoms with Crippen LogP contribution in [0.5, 0.6) is 0 Å². The summed E-state index contributed by atoms with van der Waals surface area (Å²) in [5.41, 5.74) is 8.43. The molecular weight excluding hydrogens is 252 g/mol. The van der Waals surface area contributed by atoms with E-state index in [1.165, 1.54) is 0 Å². The normalized spacial score (nSPS) is 10.9. The Morgan fingerprint density at radius 3 is 2.53 bits per heavy atom. The first-order valence-corrected chi connectivity index (χ1v) is 6.34. The Morgan fingerprint density at radius 2 is 1.82 bits per heavy atom. The second kappa shape index (κ2) is 4.02. The Kier molecular flexibility index (Phi) is 2.50. The standard InChI is InChI=1S/C13H9ClN2S/c14-10-2-1-3-11-12(10)17-13(16-11)8-4-6-9(15)7-5-8/h1-7H,15H2. The molecule has 3 aromatic rings. The molecule has 2 aromatic carbocycles. The largest absolute Gasteiger partial charge is 0.399 e. The van der Waals surface area contributed by atoms with Gasteiger partial charge in [0.05, 0.1) is 15.2 Å². The van der Waals surface area contributed by atoms with Crippen molar-refractivity contribution in [2.45, 2.75) is 0 Å².